The zero-order chi connectivity index (χ0) is 8.27. The number of hydrogen-bond donors (Lipinski definition) is 1. The highest BCUT2D eigenvalue weighted by Crippen LogP contribution is 2.30. The Balaban J connectivity index is 2.33. The van der Waals surface area contributed by atoms with Crippen molar-refractivity contribution in [3.63, 3.8) is 0 Å². The van der Waals surface area contributed by atoms with Gasteiger partial charge in [-0.3, -0.25) is 0 Å². The first-order valence-corrected chi connectivity index (χ1v) is 4.50. The number of nitrogens with two attached hydrogens (primary N) is 1. The minimum atomic E-state index is 0.431. The molecule has 1 rings (SSSR count). The number of ether oxygens (including phenoxy) is 1. The molecule has 0 amide bonds. The largest absolute Gasteiger partial charge is 0.384 e. The average Bonchev–Trinajstić information content (AvgIpc) is 2.36. The molecule has 66 valence electrons. The van der Waals surface area contributed by atoms with E-state index in [-0.39, 0.29) is 0 Å². The molecule has 0 aromatic carbocycles. The lowest BCUT2D eigenvalue weighted by molar-refractivity contribution is 0.126. The summed E-state index contributed by atoms with van der Waals surface area (Å²) in [5.74, 6) is 1.34. The lowest BCUT2D eigenvalue weighted by Crippen LogP contribution is -2.30. The van der Waals surface area contributed by atoms with Crippen molar-refractivity contribution in [3.8, 4) is 0 Å². The van der Waals surface area contributed by atoms with Crippen molar-refractivity contribution in [2.75, 3.05) is 13.7 Å². The molecule has 0 spiro atoms. The van der Waals surface area contributed by atoms with E-state index in [0.29, 0.717) is 17.9 Å². The molecule has 0 radical (unpaired) electrons. The van der Waals surface area contributed by atoms with Gasteiger partial charge in [-0.2, -0.15) is 0 Å². The van der Waals surface area contributed by atoms with E-state index in [2.05, 4.69) is 6.92 Å². The van der Waals surface area contributed by atoms with Crippen LogP contribution in [0.2, 0.25) is 0 Å². The van der Waals surface area contributed by atoms with Crippen molar-refractivity contribution in [1.82, 2.24) is 0 Å². The zero-order valence-electron chi connectivity index (χ0n) is 7.55. The lowest BCUT2D eigenvalue weighted by atomic mass is 9.90. The van der Waals surface area contributed by atoms with Crippen molar-refractivity contribution in [2.24, 2.45) is 17.6 Å². The Hall–Kier alpha value is -0.0800. The molecule has 1 aliphatic rings. The van der Waals surface area contributed by atoms with Gasteiger partial charge in [0.2, 0.25) is 0 Å². The van der Waals surface area contributed by atoms with Gasteiger partial charge >= 0.3 is 0 Å². The quantitative estimate of drug-likeness (QED) is 0.672. The molecule has 3 unspecified atom stereocenters. The molecular weight excluding hydrogens is 138 g/mol. The fourth-order valence-electron chi connectivity index (χ4n) is 2.11. The first kappa shape index (κ1) is 9.01. The Labute approximate surface area is 69.1 Å². The van der Waals surface area contributed by atoms with Crippen LogP contribution >= 0.6 is 0 Å². The Morgan fingerprint density at radius 3 is 2.73 bits per heavy atom. The highest BCUT2D eigenvalue weighted by molar-refractivity contribution is 4.83. The number of rotatable bonds is 3. The minimum Gasteiger partial charge on any atom is -0.384 e. The van der Waals surface area contributed by atoms with Gasteiger partial charge in [0.1, 0.15) is 0 Å². The summed E-state index contributed by atoms with van der Waals surface area (Å²) in [5, 5.41) is 0. The average molecular weight is 157 g/mol. The third-order valence-electron chi connectivity index (χ3n) is 2.79. The molecule has 3 atom stereocenters. The molecule has 0 aliphatic heterocycles. The predicted octanol–water partition coefficient (Wildman–Crippen LogP) is 1.40. The van der Waals surface area contributed by atoms with E-state index in [0.717, 1.165) is 6.61 Å². The zero-order valence-corrected chi connectivity index (χ0v) is 7.55. The standard InChI is InChI=1S/C9H19NO/c1-7(6-11-2)8-4-3-5-9(8)10/h7-9H,3-6,10H2,1-2H3. The fourth-order valence-corrected chi connectivity index (χ4v) is 2.11. The molecular formula is C9H19NO. The highest BCUT2D eigenvalue weighted by atomic mass is 16.5. The van der Waals surface area contributed by atoms with Crippen LogP contribution in [-0.2, 0) is 4.74 Å². The Kier molecular flexibility index (Phi) is 3.34. The Morgan fingerprint density at radius 1 is 1.55 bits per heavy atom. The van der Waals surface area contributed by atoms with Gasteiger partial charge in [0.05, 0.1) is 0 Å². The first-order valence-electron chi connectivity index (χ1n) is 4.50. The van der Waals surface area contributed by atoms with E-state index < -0.39 is 0 Å². The summed E-state index contributed by atoms with van der Waals surface area (Å²) in [6.45, 7) is 3.09. The fraction of sp³-hybridized carbons (Fsp3) is 1.00. The molecule has 2 nitrogen and oxygen atoms in total. The van der Waals surface area contributed by atoms with Crippen molar-refractivity contribution in [3.05, 3.63) is 0 Å². The summed E-state index contributed by atoms with van der Waals surface area (Å²) in [5.41, 5.74) is 5.95. The summed E-state index contributed by atoms with van der Waals surface area (Å²) >= 11 is 0. The van der Waals surface area contributed by atoms with Crippen molar-refractivity contribution in [1.29, 1.82) is 0 Å². The monoisotopic (exact) mass is 157 g/mol. The van der Waals surface area contributed by atoms with Gasteiger partial charge in [0.25, 0.3) is 0 Å². The van der Waals surface area contributed by atoms with E-state index in [9.17, 15) is 0 Å². The maximum absolute atomic E-state index is 5.95. The Bertz CT molecular complexity index is 116. The molecule has 0 saturated heterocycles. The van der Waals surface area contributed by atoms with Crippen molar-refractivity contribution < 1.29 is 4.74 Å². The number of methoxy groups -OCH3 is 1. The summed E-state index contributed by atoms with van der Waals surface area (Å²) < 4.78 is 5.11. The predicted molar refractivity (Wildman–Crippen MR) is 46.4 cm³/mol. The van der Waals surface area contributed by atoms with E-state index in [1.807, 2.05) is 0 Å². The van der Waals surface area contributed by atoms with Gasteiger partial charge in [-0.25, -0.2) is 0 Å². The van der Waals surface area contributed by atoms with Gasteiger partial charge in [-0.05, 0) is 24.7 Å². The van der Waals surface area contributed by atoms with Crippen LogP contribution in [0, 0.1) is 11.8 Å². The van der Waals surface area contributed by atoms with Crippen molar-refractivity contribution >= 4 is 0 Å². The molecule has 0 aromatic heterocycles. The lowest BCUT2D eigenvalue weighted by Gasteiger charge is -2.22. The van der Waals surface area contributed by atoms with Crippen LogP contribution in [-0.4, -0.2) is 19.8 Å². The molecule has 1 saturated carbocycles. The topological polar surface area (TPSA) is 35.2 Å². The van der Waals surface area contributed by atoms with Crippen molar-refractivity contribution in [2.45, 2.75) is 32.2 Å². The maximum atomic E-state index is 5.95. The second kappa shape index (κ2) is 4.07. The van der Waals surface area contributed by atoms with Gasteiger partial charge in [-0.1, -0.05) is 13.3 Å². The van der Waals surface area contributed by atoms with E-state index in [4.69, 9.17) is 10.5 Å². The number of hydrogen-bond acceptors (Lipinski definition) is 2. The van der Waals surface area contributed by atoms with Gasteiger partial charge in [0.15, 0.2) is 0 Å². The first-order chi connectivity index (χ1) is 5.25. The van der Waals surface area contributed by atoms with Crippen LogP contribution < -0.4 is 5.73 Å². The molecule has 1 aliphatic carbocycles. The molecule has 0 bridgehead atoms. The van der Waals surface area contributed by atoms with Crippen LogP contribution in [0.25, 0.3) is 0 Å². The molecule has 2 N–H and O–H groups in total. The van der Waals surface area contributed by atoms with Gasteiger partial charge in [-0.15, -0.1) is 0 Å². The SMILES string of the molecule is COCC(C)C1CCCC1N. The van der Waals surface area contributed by atoms with Crippen LogP contribution in [0.5, 0.6) is 0 Å². The molecule has 0 aromatic rings. The van der Waals surface area contributed by atoms with Crippen LogP contribution in [0.3, 0.4) is 0 Å². The summed E-state index contributed by atoms with van der Waals surface area (Å²) in [7, 11) is 1.76. The summed E-state index contributed by atoms with van der Waals surface area (Å²) in [4.78, 5) is 0. The summed E-state index contributed by atoms with van der Waals surface area (Å²) in [6.07, 6.45) is 3.81. The third-order valence-corrected chi connectivity index (χ3v) is 2.79. The summed E-state index contributed by atoms with van der Waals surface area (Å²) in [6, 6.07) is 0.431. The van der Waals surface area contributed by atoms with E-state index in [1.54, 1.807) is 7.11 Å². The maximum Gasteiger partial charge on any atom is 0.0491 e. The van der Waals surface area contributed by atoms with E-state index >= 15 is 0 Å². The molecule has 1 fully saturated rings. The third kappa shape index (κ3) is 2.17. The molecule has 0 heterocycles. The smallest absolute Gasteiger partial charge is 0.0491 e. The normalized spacial score (nSPS) is 34.1. The van der Waals surface area contributed by atoms with E-state index in [1.165, 1.54) is 19.3 Å². The van der Waals surface area contributed by atoms with Crippen LogP contribution in [0.1, 0.15) is 26.2 Å². The van der Waals surface area contributed by atoms with Gasteiger partial charge < -0.3 is 10.5 Å². The molecule has 2 heteroatoms. The minimum absolute atomic E-state index is 0.431. The Morgan fingerprint density at radius 2 is 2.27 bits per heavy atom. The second-order valence-electron chi connectivity index (χ2n) is 3.69. The molecule has 11 heavy (non-hydrogen) atoms. The van der Waals surface area contributed by atoms with Gasteiger partial charge in [0, 0.05) is 19.8 Å². The second-order valence-corrected chi connectivity index (χ2v) is 3.69. The van der Waals surface area contributed by atoms with Crippen LogP contribution in [0.15, 0.2) is 0 Å². The van der Waals surface area contributed by atoms with Crippen LogP contribution in [0.4, 0.5) is 0 Å². The highest BCUT2D eigenvalue weighted by Gasteiger charge is 2.28.